The van der Waals surface area contributed by atoms with Crippen LogP contribution in [0.25, 0.3) is 0 Å². The molecule has 1 aliphatic heterocycles. The van der Waals surface area contributed by atoms with Crippen molar-refractivity contribution >= 4 is 5.97 Å². The topological polar surface area (TPSA) is 56.8 Å². The van der Waals surface area contributed by atoms with Crippen LogP contribution in [0, 0.1) is 5.41 Å². The lowest BCUT2D eigenvalue weighted by molar-refractivity contribution is -0.141. The minimum atomic E-state index is -0.201. The Morgan fingerprint density at radius 2 is 2.05 bits per heavy atom. The van der Waals surface area contributed by atoms with Crippen LogP contribution in [0.15, 0.2) is 18.2 Å². The average Bonchev–Trinajstić information content (AvgIpc) is 2.89. The molecular formula is C16H23NO4. The number of nitrogens with one attached hydrogen (secondary N) is 1. The molecule has 1 aromatic rings. The fourth-order valence-electron chi connectivity index (χ4n) is 2.23. The molecule has 2 rings (SSSR count). The van der Waals surface area contributed by atoms with Crippen molar-refractivity contribution in [3.8, 4) is 11.5 Å². The molecule has 0 fully saturated rings. The third-order valence-corrected chi connectivity index (χ3v) is 3.63. The van der Waals surface area contributed by atoms with Gasteiger partial charge in [0.15, 0.2) is 11.5 Å². The van der Waals surface area contributed by atoms with Crippen LogP contribution in [-0.4, -0.2) is 25.9 Å². The third-order valence-electron chi connectivity index (χ3n) is 3.63. The summed E-state index contributed by atoms with van der Waals surface area (Å²) in [6.45, 7) is 7.25. The summed E-state index contributed by atoms with van der Waals surface area (Å²) in [6.07, 6.45) is 0.352. The Morgan fingerprint density at radius 3 is 2.71 bits per heavy atom. The normalized spacial score (nSPS) is 14.9. The molecule has 0 bridgehead atoms. The minimum absolute atomic E-state index is 0.0372. The van der Waals surface area contributed by atoms with Gasteiger partial charge in [-0.2, -0.15) is 0 Å². The van der Waals surface area contributed by atoms with E-state index >= 15 is 0 Å². The third kappa shape index (κ3) is 4.11. The van der Waals surface area contributed by atoms with Gasteiger partial charge in [0.25, 0.3) is 0 Å². The Bertz CT molecular complexity index is 507. The van der Waals surface area contributed by atoms with E-state index in [4.69, 9.17) is 14.2 Å². The van der Waals surface area contributed by atoms with Crippen LogP contribution in [0.3, 0.4) is 0 Å². The van der Waals surface area contributed by atoms with Gasteiger partial charge in [0.2, 0.25) is 6.79 Å². The molecule has 1 atom stereocenters. The first-order valence-corrected chi connectivity index (χ1v) is 7.09. The monoisotopic (exact) mass is 293 g/mol. The molecule has 1 N–H and O–H groups in total. The predicted molar refractivity (Wildman–Crippen MR) is 79.3 cm³/mol. The first-order valence-electron chi connectivity index (χ1n) is 7.09. The molecule has 0 saturated carbocycles. The molecule has 0 saturated heterocycles. The maximum atomic E-state index is 11.5. The number of esters is 1. The van der Waals surface area contributed by atoms with Gasteiger partial charge in [0.05, 0.1) is 13.5 Å². The van der Waals surface area contributed by atoms with Gasteiger partial charge in [-0.05, 0) is 23.1 Å². The van der Waals surface area contributed by atoms with E-state index in [0.29, 0.717) is 13.0 Å². The van der Waals surface area contributed by atoms with E-state index in [1.54, 1.807) is 0 Å². The molecular weight excluding hydrogens is 270 g/mol. The smallest absolute Gasteiger partial charge is 0.307 e. The van der Waals surface area contributed by atoms with Crippen molar-refractivity contribution in [1.29, 1.82) is 0 Å². The highest BCUT2D eigenvalue weighted by Gasteiger charge is 2.27. The van der Waals surface area contributed by atoms with Crippen molar-refractivity contribution in [2.45, 2.75) is 39.8 Å². The second-order valence-electron chi connectivity index (χ2n) is 6.27. The number of fused-ring (bicyclic) bond motifs is 1. The molecule has 1 unspecified atom stereocenters. The number of benzene rings is 1. The van der Waals surface area contributed by atoms with Gasteiger partial charge in [-0.15, -0.1) is 0 Å². The SMILES string of the molecule is COC(=O)CC(NCc1ccc2c(c1)OCO2)C(C)(C)C. The minimum Gasteiger partial charge on any atom is -0.469 e. The lowest BCUT2D eigenvalue weighted by atomic mass is 9.84. The standard InChI is InChI=1S/C16H23NO4/c1-16(2,3)14(8-15(18)19-4)17-9-11-5-6-12-13(7-11)21-10-20-12/h5-7,14,17H,8-10H2,1-4H3. The summed E-state index contributed by atoms with van der Waals surface area (Å²) in [5.74, 6) is 1.35. The van der Waals surface area contributed by atoms with Crippen LogP contribution >= 0.6 is 0 Å². The first-order chi connectivity index (χ1) is 9.90. The van der Waals surface area contributed by atoms with Crippen molar-refractivity contribution < 1.29 is 19.0 Å². The molecule has 0 amide bonds. The van der Waals surface area contributed by atoms with Gasteiger partial charge in [-0.1, -0.05) is 26.8 Å². The molecule has 1 aromatic carbocycles. The van der Waals surface area contributed by atoms with Crippen molar-refractivity contribution in [2.75, 3.05) is 13.9 Å². The van der Waals surface area contributed by atoms with Crippen LogP contribution in [0.5, 0.6) is 11.5 Å². The zero-order valence-electron chi connectivity index (χ0n) is 13.1. The Hall–Kier alpha value is -1.75. The maximum Gasteiger partial charge on any atom is 0.307 e. The number of ether oxygens (including phenoxy) is 3. The summed E-state index contributed by atoms with van der Waals surface area (Å²) in [7, 11) is 1.42. The Balaban J connectivity index is 1.99. The van der Waals surface area contributed by atoms with E-state index in [-0.39, 0.29) is 24.2 Å². The zero-order valence-corrected chi connectivity index (χ0v) is 13.1. The molecule has 0 aliphatic carbocycles. The van der Waals surface area contributed by atoms with Crippen molar-refractivity contribution in [2.24, 2.45) is 5.41 Å². The molecule has 1 aliphatic rings. The number of hydrogen-bond donors (Lipinski definition) is 1. The first kappa shape index (κ1) is 15.6. The summed E-state index contributed by atoms with van der Waals surface area (Å²) in [4.78, 5) is 11.5. The Morgan fingerprint density at radius 1 is 1.33 bits per heavy atom. The molecule has 0 spiro atoms. The molecule has 5 heteroatoms. The van der Waals surface area contributed by atoms with Crippen LogP contribution in [0.4, 0.5) is 0 Å². The molecule has 5 nitrogen and oxygen atoms in total. The highest BCUT2D eigenvalue weighted by atomic mass is 16.7. The highest BCUT2D eigenvalue weighted by molar-refractivity contribution is 5.70. The second kappa shape index (κ2) is 6.35. The van der Waals surface area contributed by atoms with Gasteiger partial charge >= 0.3 is 5.97 Å². The fraction of sp³-hybridized carbons (Fsp3) is 0.562. The van der Waals surface area contributed by atoms with Gasteiger partial charge in [0, 0.05) is 12.6 Å². The van der Waals surface area contributed by atoms with Crippen LogP contribution in [0.2, 0.25) is 0 Å². The van der Waals surface area contributed by atoms with Gasteiger partial charge < -0.3 is 19.5 Å². The molecule has 116 valence electrons. The maximum absolute atomic E-state index is 11.5. The molecule has 1 heterocycles. The number of carbonyl (C=O) groups is 1. The summed E-state index contributed by atoms with van der Waals surface area (Å²) >= 11 is 0. The summed E-state index contributed by atoms with van der Waals surface area (Å²) in [5.41, 5.74) is 1.06. The van der Waals surface area contributed by atoms with Crippen molar-refractivity contribution in [3.63, 3.8) is 0 Å². The lowest BCUT2D eigenvalue weighted by Crippen LogP contribution is -2.41. The molecule has 21 heavy (non-hydrogen) atoms. The zero-order chi connectivity index (χ0) is 15.5. The number of methoxy groups -OCH3 is 1. The largest absolute Gasteiger partial charge is 0.469 e. The van der Waals surface area contributed by atoms with E-state index < -0.39 is 0 Å². The Kier molecular flexibility index (Phi) is 4.73. The average molecular weight is 293 g/mol. The van der Waals surface area contributed by atoms with E-state index in [1.807, 2.05) is 18.2 Å². The van der Waals surface area contributed by atoms with Crippen LogP contribution < -0.4 is 14.8 Å². The highest BCUT2D eigenvalue weighted by Crippen LogP contribution is 2.32. The summed E-state index contributed by atoms with van der Waals surface area (Å²) in [5, 5.41) is 3.44. The second-order valence-corrected chi connectivity index (χ2v) is 6.27. The van der Waals surface area contributed by atoms with Crippen molar-refractivity contribution in [3.05, 3.63) is 23.8 Å². The van der Waals surface area contributed by atoms with Gasteiger partial charge in [-0.3, -0.25) is 4.79 Å². The van der Waals surface area contributed by atoms with E-state index in [1.165, 1.54) is 7.11 Å². The van der Waals surface area contributed by atoms with E-state index in [0.717, 1.165) is 17.1 Å². The lowest BCUT2D eigenvalue weighted by Gasteiger charge is -2.31. The molecule has 0 aromatic heterocycles. The number of rotatable bonds is 5. The summed E-state index contributed by atoms with van der Waals surface area (Å²) < 4.78 is 15.4. The number of hydrogen-bond acceptors (Lipinski definition) is 5. The quantitative estimate of drug-likeness (QED) is 0.845. The Labute approximate surface area is 125 Å². The van der Waals surface area contributed by atoms with Crippen LogP contribution in [0.1, 0.15) is 32.8 Å². The number of carbonyl (C=O) groups excluding carboxylic acids is 1. The summed E-state index contributed by atoms with van der Waals surface area (Å²) in [6, 6.07) is 5.91. The van der Waals surface area contributed by atoms with Crippen LogP contribution in [-0.2, 0) is 16.1 Å². The van der Waals surface area contributed by atoms with E-state index in [9.17, 15) is 4.79 Å². The van der Waals surface area contributed by atoms with Crippen molar-refractivity contribution in [1.82, 2.24) is 5.32 Å². The fourth-order valence-corrected chi connectivity index (χ4v) is 2.23. The van der Waals surface area contributed by atoms with E-state index in [2.05, 4.69) is 26.1 Å². The predicted octanol–water partition coefficient (Wildman–Crippen LogP) is 2.48. The van der Waals surface area contributed by atoms with Gasteiger partial charge in [0.1, 0.15) is 0 Å². The molecule has 0 radical (unpaired) electrons. The van der Waals surface area contributed by atoms with Gasteiger partial charge in [-0.25, -0.2) is 0 Å².